The van der Waals surface area contributed by atoms with Gasteiger partial charge in [-0.1, -0.05) is 6.42 Å². The van der Waals surface area contributed by atoms with Crippen molar-refractivity contribution >= 4 is 5.97 Å². The van der Waals surface area contributed by atoms with Crippen LogP contribution in [0.25, 0.3) is 0 Å². The van der Waals surface area contributed by atoms with E-state index in [-0.39, 0.29) is 0 Å². The SMILES string of the molecule is COc1c(C(C(=O)O)N2CCCCC2)c(C)nn1C. The van der Waals surface area contributed by atoms with E-state index < -0.39 is 12.0 Å². The molecule has 6 heteroatoms. The number of piperidine rings is 1. The van der Waals surface area contributed by atoms with E-state index in [4.69, 9.17) is 4.74 Å². The number of nitrogens with zero attached hydrogens (tertiary/aromatic N) is 3. The van der Waals surface area contributed by atoms with Crippen molar-refractivity contribution in [3.8, 4) is 5.88 Å². The lowest BCUT2D eigenvalue weighted by Gasteiger charge is -2.32. The maximum Gasteiger partial charge on any atom is 0.325 e. The molecular formula is C13H21N3O3. The van der Waals surface area contributed by atoms with Crippen molar-refractivity contribution in [3.63, 3.8) is 0 Å². The quantitative estimate of drug-likeness (QED) is 0.892. The number of rotatable bonds is 4. The van der Waals surface area contributed by atoms with Crippen molar-refractivity contribution in [1.29, 1.82) is 0 Å². The van der Waals surface area contributed by atoms with E-state index in [1.54, 1.807) is 18.8 Å². The summed E-state index contributed by atoms with van der Waals surface area (Å²) in [7, 11) is 3.32. The highest BCUT2D eigenvalue weighted by molar-refractivity contribution is 5.77. The molecule has 19 heavy (non-hydrogen) atoms. The zero-order chi connectivity index (χ0) is 14.0. The lowest BCUT2D eigenvalue weighted by atomic mass is 10.0. The van der Waals surface area contributed by atoms with Crippen molar-refractivity contribution in [3.05, 3.63) is 11.3 Å². The lowest BCUT2D eigenvalue weighted by molar-refractivity contribution is -0.144. The first-order valence-electron chi connectivity index (χ1n) is 6.60. The molecule has 1 fully saturated rings. The predicted octanol–water partition coefficient (Wildman–Crippen LogP) is 1.35. The molecular weight excluding hydrogens is 246 g/mol. The van der Waals surface area contributed by atoms with Crippen molar-refractivity contribution in [2.45, 2.75) is 32.2 Å². The largest absolute Gasteiger partial charge is 0.481 e. The molecule has 1 N–H and O–H groups in total. The molecule has 2 heterocycles. The summed E-state index contributed by atoms with van der Waals surface area (Å²) in [4.78, 5) is 13.7. The van der Waals surface area contributed by atoms with Crippen LogP contribution in [-0.4, -0.2) is 46.0 Å². The number of carbonyl (C=O) groups is 1. The molecule has 0 amide bonds. The smallest absolute Gasteiger partial charge is 0.325 e. The molecule has 6 nitrogen and oxygen atoms in total. The monoisotopic (exact) mass is 267 g/mol. The summed E-state index contributed by atoms with van der Waals surface area (Å²) in [5.74, 6) is -0.299. The molecule has 1 aliphatic heterocycles. The summed E-state index contributed by atoms with van der Waals surface area (Å²) in [5, 5.41) is 13.9. The van der Waals surface area contributed by atoms with Gasteiger partial charge in [-0.25, -0.2) is 4.68 Å². The number of aliphatic carboxylic acids is 1. The van der Waals surface area contributed by atoms with Crippen LogP contribution in [0.5, 0.6) is 5.88 Å². The van der Waals surface area contributed by atoms with E-state index >= 15 is 0 Å². The van der Waals surface area contributed by atoms with Gasteiger partial charge in [0, 0.05) is 7.05 Å². The van der Waals surface area contributed by atoms with Crippen LogP contribution >= 0.6 is 0 Å². The van der Waals surface area contributed by atoms with Crippen LogP contribution in [-0.2, 0) is 11.8 Å². The van der Waals surface area contributed by atoms with Gasteiger partial charge in [-0.05, 0) is 32.9 Å². The van der Waals surface area contributed by atoms with Crippen LogP contribution in [0, 0.1) is 6.92 Å². The van der Waals surface area contributed by atoms with Crippen LogP contribution in [0.2, 0.25) is 0 Å². The van der Waals surface area contributed by atoms with Gasteiger partial charge in [0.2, 0.25) is 5.88 Å². The third kappa shape index (κ3) is 2.58. The molecule has 2 rings (SSSR count). The maximum atomic E-state index is 11.7. The number of hydrogen-bond acceptors (Lipinski definition) is 4. The number of ether oxygens (including phenoxy) is 1. The molecule has 1 atom stereocenters. The highest BCUT2D eigenvalue weighted by Gasteiger charge is 2.34. The summed E-state index contributed by atoms with van der Waals surface area (Å²) in [6.07, 6.45) is 3.27. The number of carboxylic acid groups (broad SMARTS) is 1. The second-order valence-electron chi connectivity index (χ2n) is 4.97. The zero-order valence-corrected chi connectivity index (χ0v) is 11.7. The molecule has 1 unspecified atom stereocenters. The number of carboxylic acids is 1. The number of likely N-dealkylation sites (tertiary alicyclic amines) is 1. The fourth-order valence-corrected chi connectivity index (χ4v) is 2.85. The Bertz CT molecular complexity index is 464. The Kier molecular flexibility index (Phi) is 4.09. The van der Waals surface area contributed by atoms with Crippen LogP contribution in [0.15, 0.2) is 0 Å². The summed E-state index contributed by atoms with van der Waals surface area (Å²) in [6.45, 7) is 3.46. The van der Waals surface area contributed by atoms with Crippen molar-refractivity contribution in [2.24, 2.45) is 7.05 Å². The molecule has 1 saturated heterocycles. The molecule has 1 aromatic heterocycles. The van der Waals surface area contributed by atoms with Gasteiger partial charge in [-0.15, -0.1) is 0 Å². The lowest BCUT2D eigenvalue weighted by Crippen LogP contribution is -2.38. The van der Waals surface area contributed by atoms with Gasteiger partial charge in [0.15, 0.2) is 0 Å². The fourth-order valence-electron chi connectivity index (χ4n) is 2.85. The second kappa shape index (κ2) is 5.61. The number of aromatic nitrogens is 2. The fraction of sp³-hybridized carbons (Fsp3) is 0.692. The van der Waals surface area contributed by atoms with Crippen LogP contribution < -0.4 is 4.74 Å². The molecule has 0 aliphatic carbocycles. The van der Waals surface area contributed by atoms with Gasteiger partial charge in [0.25, 0.3) is 0 Å². The molecule has 1 aromatic rings. The third-order valence-corrected chi connectivity index (χ3v) is 3.67. The van der Waals surface area contributed by atoms with Crippen LogP contribution in [0.4, 0.5) is 0 Å². The van der Waals surface area contributed by atoms with Crippen molar-refractivity contribution < 1.29 is 14.6 Å². The Labute approximate surface area is 113 Å². The van der Waals surface area contributed by atoms with E-state index in [2.05, 4.69) is 5.10 Å². The van der Waals surface area contributed by atoms with E-state index in [9.17, 15) is 9.90 Å². The summed E-state index contributed by atoms with van der Waals surface area (Å²) in [5.41, 5.74) is 1.40. The first-order valence-corrected chi connectivity index (χ1v) is 6.60. The topological polar surface area (TPSA) is 67.6 Å². The molecule has 0 bridgehead atoms. The maximum absolute atomic E-state index is 11.7. The Morgan fingerprint density at radius 2 is 2.00 bits per heavy atom. The predicted molar refractivity (Wildman–Crippen MR) is 70.3 cm³/mol. The Hall–Kier alpha value is -1.56. The zero-order valence-electron chi connectivity index (χ0n) is 11.7. The summed E-state index contributed by atoms with van der Waals surface area (Å²) < 4.78 is 6.93. The van der Waals surface area contributed by atoms with E-state index in [1.165, 1.54) is 6.42 Å². The number of hydrogen-bond donors (Lipinski definition) is 1. The van der Waals surface area contributed by atoms with Crippen molar-refractivity contribution in [2.75, 3.05) is 20.2 Å². The van der Waals surface area contributed by atoms with Crippen LogP contribution in [0.1, 0.15) is 36.6 Å². The molecule has 106 valence electrons. The molecule has 0 saturated carbocycles. The van der Waals surface area contributed by atoms with Gasteiger partial charge in [0.05, 0.1) is 18.4 Å². The Balaban J connectivity index is 2.41. The van der Waals surface area contributed by atoms with Gasteiger partial charge < -0.3 is 9.84 Å². The molecule has 1 aliphatic rings. The minimum atomic E-state index is -0.837. The Morgan fingerprint density at radius 1 is 1.37 bits per heavy atom. The van der Waals surface area contributed by atoms with Gasteiger partial charge in [0.1, 0.15) is 6.04 Å². The average Bonchev–Trinajstić information content (AvgIpc) is 2.65. The summed E-state index contributed by atoms with van der Waals surface area (Å²) in [6, 6.07) is -0.663. The normalized spacial score (nSPS) is 18.3. The standard InChI is InChI=1S/C13H21N3O3/c1-9-10(12(19-3)15(2)14-9)11(13(17)18)16-7-5-4-6-8-16/h11H,4-8H2,1-3H3,(H,17,18). The molecule has 0 spiro atoms. The Morgan fingerprint density at radius 3 is 2.53 bits per heavy atom. The minimum absolute atomic E-state index is 0.537. The average molecular weight is 267 g/mol. The highest BCUT2D eigenvalue weighted by Crippen LogP contribution is 2.33. The van der Waals surface area contributed by atoms with Gasteiger partial charge in [-0.3, -0.25) is 9.69 Å². The third-order valence-electron chi connectivity index (χ3n) is 3.67. The molecule has 0 aromatic carbocycles. The van der Waals surface area contributed by atoms with E-state index in [1.807, 2.05) is 11.8 Å². The van der Waals surface area contributed by atoms with Gasteiger partial charge >= 0.3 is 5.97 Å². The van der Waals surface area contributed by atoms with E-state index in [0.717, 1.165) is 31.6 Å². The second-order valence-corrected chi connectivity index (χ2v) is 4.97. The summed E-state index contributed by atoms with van der Waals surface area (Å²) >= 11 is 0. The first-order chi connectivity index (χ1) is 9.06. The number of aryl methyl sites for hydroxylation is 2. The minimum Gasteiger partial charge on any atom is -0.481 e. The number of methoxy groups -OCH3 is 1. The van der Waals surface area contributed by atoms with Crippen molar-refractivity contribution in [1.82, 2.24) is 14.7 Å². The van der Waals surface area contributed by atoms with E-state index in [0.29, 0.717) is 11.4 Å². The van der Waals surface area contributed by atoms with Gasteiger partial charge in [-0.2, -0.15) is 5.10 Å². The molecule has 0 radical (unpaired) electrons. The highest BCUT2D eigenvalue weighted by atomic mass is 16.5. The first kappa shape index (κ1) is 13.9. The van der Waals surface area contributed by atoms with Crippen LogP contribution in [0.3, 0.4) is 0 Å².